The van der Waals surface area contributed by atoms with E-state index in [-0.39, 0.29) is 18.3 Å². The number of hydrogen-bond acceptors (Lipinski definition) is 5. The van der Waals surface area contributed by atoms with Crippen molar-refractivity contribution >= 4 is 58.0 Å². The number of carbonyl (C=O) groups is 1. The van der Waals surface area contributed by atoms with Crippen molar-refractivity contribution < 1.29 is 4.79 Å². The van der Waals surface area contributed by atoms with Gasteiger partial charge >= 0.3 is 0 Å². The fourth-order valence-corrected chi connectivity index (χ4v) is 5.94. The molecule has 0 spiro atoms. The number of rotatable bonds is 5. The highest BCUT2D eigenvalue weighted by molar-refractivity contribution is 7.17. The van der Waals surface area contributed by atoms with Crippen LogP contribution in [0, 0.1) is 0 Å². The number of aromatic nitrogens is 3. The smallest absolute Gasteiger partial charge is 0.270 e. The molecule has 1 saturated heterocycles. The average Bonchev–Trinajstić information content (AvgIpc) is 3.58. The van der Waals surface area contributed by atoms with E-state index in [1.807, 2.05) is 47.6 Å². The monoisotopic (exact) mass is 513 g/mol. The van der Waals surface area contributed by atoms with Crippen LogP contribution in [-0.4, -0.2) is 51.5 Å². The molecule has 1 amide bonds. The van der Waals surface area contributed by atoms with Crippen LogP contribution in [0.5, 0.6) is 0 Å². The molecule has 0 radical (unpaired) electrons. The van der Waals surface area contributed by atoms with E-state index < -0.39 is 0 Å². The van der Waals surface area contributed by atoms with Crippen LogP contribution in [0.1, 0.15) is 28.2 Å². The Hall–Kier alpha value is -2.45. The second-order valence-corrected chi connectivity index (χ2v) is 10.1. The van der Waals surface area contributed by atoms with Crippen molar-refractivity contribution in [3.05, 3.63) is 64.4 Å². The number of imidazole rings is 1. The first-order chi connectivity index (χ1) is 16.2. The number of likely N-dealkylation sites (tertiary alicyclic amines) is 1. The van der Waals surface area contributed by atoms with Gasteiger partial charge in [-0.05, 0) is 56.3 Å². The first-order valence-corrected chi connectivity index (χ1v) is 12.6. The average molecular weight is 514 g/mol. The number of thiazole rings is 1. The van der Waals surface area contributed by atoms with Crippen molar-refractivity contribution in [3.63, 3.8) is 0 Å². The number of fused-ring (bicyclic) bond motifs is 2. The third-order valence-corrected chi connectivity index (χ3v) is 7.96. The lowest BCUT2D eigenvalue weighted by Crippen LogP contribution is -2.36. The maximum atomic E-state index is 13.4. The predicted molar refractivity (Wildman–Crippen MR) is 141 cm³/mol. The SMILES string of the molecule is Cl.O=C1c2sc(-c3ccc(Cl)cc3)nc2CCN1c1ccc2c(c1)ncn2CCN1CCCC1. The number of anilines is 1. The minimum Gasteiger partial charge on any atom is -0.329 e. The molecule has 0 saturated carbocycles. The van der Waals surface area contributed by atoms with Gasteiger partial charge < -0.3 is 14.4 Å². The Bertz CT molecular complexity index is 1330. The molecule has 9 heteroatoms. The topological polar surface area (TPSA) is 54.3 Å². The van der Waals surface area contributed by atoms with Crippen LogP contribution >= 0.6 is 35.3 Å². The van der Waals surface area contributed by atoms with Crippen LogP contribution in [0.15, 0.2) is 48.8 Å². The summed E-state index contributed by atoms with van der Waals surface area (Å²) in [7, 11) is 0. The first kappa shape index (κ1) is 23.3. The number of benzene rings is 2. The van der Waals surface area contributed by atoms with E-state index in [1.54, 1.807) is 0 Å². The number of halogens is 2. The predicted octanol–water partition coefficient (Wildman–Crippen LogP) is 5.53. The fourth-order valence-electron chi connectivity index (χ4n) is 4.75. The highest BCUT2D eigenvalue weighted by atomic mass is 35.5. The van der Waals surface area contributed by atoms with Crippen molar-refractivity contribution in [3.8, 4) is 10.6 Å². The molecule has 2 aromatic heterocycles. The molecule has 2 aliphatic heterocycles. The summed E-state index contributed by atoms with van der Waals surface area (Å²) in [6, 6.07) is 13.8. The maximum Gasteiger partial charge on any atom is 0.270 e. The molecule has 0 N–H and O–H groups in total. The molecule has 0 aliphatic carbocycles. The van der Waals surface area contributed by atoms with Gasteiger partial charge in [-0.25, -0.2) is 9.97 Å². The van der Waals surface area contributed by atoms with Crippen LogP contribution in [0.25, 0.3) is 21.6 Å². The summed E-state index contributed by atoms with van der Waals surface area (Å²) < 4.78 is 2.22. The Morgan fingerprint density at radius 2 is 1.79 bits per heavy atom. The van der Waals surface area contributed by atoms with Crippen LogP contribution in [0.2, 0.25) is 5.02 Å². The Kier molecular flexibility index (Phi) is 6.62. The maximum absolute atomic E-state index is 13.4. The van der Waals surface area contributed by atoms with Gasteiger partial charge in [-0.3, -0.25) is 4.79 Å². The van der Waals surface area contributed by atoms with E-state index in [2.05, 4.69) is 20.5 Å². The zero-order chi connectivity index (χ0) is 22.4. The molecule has 0 bridgehead atoms. The summed E-state index contributed by atoms with van der Waals surface area (Å²) in [5.74, 6) is 0.0155. The van der Waals surface area contributed by atoms with Crippen molar-refractivity contribution in [2.24, 2.45) is 0 Å². The summed E-state index contributed by atoms with van der Waals surface area (Å²) in [4.78, 5) is 27.8. The molecule has 4 aromatic rings. The van der Waals surface area contributed by atoms with Gasteiger partial charge in [0.05, 0.1) is 23.1 Å². The van der Waals surface area contributed by atoms with Gasteiger partial charge in [0.25, 0.3) is 5.91 Å². The van der Waals surface area contributed by atoms with Crippen LogP contribution < -0.4 is 4.90 Å². The third kappa shape index (κ3) is 4.33. The van der Waals surface area contributed by atoms with Gasteiger partial charge in [-0.15, -0.1) is 23.7 Å². The lowest BCUT2D eigenvalue weighted by Gasteiger charge is -2.26. The van der Waals surface area contributed by atoms with Gasteiger partial charge in [-0.1, -0.05) is 23.7 Å². The highest BCUT2D eigenvalue weighted by Gasteiger charge is 2.30. The molecule has 2 aromatic carbocycles. The van der Waals surface area contributed by atoms with E-state index >= 15 is 0 Å². The molecule has 6 rings (SSSR count). The van der Waals surface area contributed by atoms with Gasteiger partial charge in [-0.2, -0.15) is 0 Å². The Balaban J connectivity index is 0.00000241. The van der Waals surface area contributed by atoms with Crippen molar-refractivity contribution in [2.45, 2.75) is 25.8 Å². The summed E-state index contributed by atoms with van der Waals surface area (Å²) in [6.45, 7) is 5.02. The standard InChI is InChI=1S/C25H24ClN5OS.ClH/c26-18-5-3-17(4-6-18)24-28-20-9-12-31(25(32)23(20)33-24)19-7-8-22-21(15-19)27-16-30(22)14-13-29-10-1-2-11-29;/h3-8,15-16H,1-2,9-14H2;1H. The zero-order valence-corrected chi connectivity index (χ0v) is 21.0. The second-order valence-electron chi connectivity index (χ2n) is 8.67. The molecular weight excluding hydrogens is 489 g/mol. The molecular formula is C25H25Cl2N5OS. The minimum absolute atomic E-state index is 0. The van der Waals surface area contributed by atoms with E-state index in [0.29, 0.717) is 11.6 Å². The van der Waals surface area contributed by atoms with Crippen molar-refractivity contribution in [1.29, 1.82) is 0 Å². The van der Waals surface area contributed by atoms with Gasteiger partial charge in [0.15, 0.2) is 0 Å². The Labute approximate surface area is 213 Å². The summed E-state index contributed by atoms with van der Waals surface area (Å²) in [5.41, 5.74) is 4.81. The van der Waals surface area contributed by atoms with Gasteiger partial charge in [0.2, 0.25) is 0 Å². The molecule has 0 atom stereocenters. The normalized spacial score (nSPS) is 16.1. The summed E-state index contributed by atoms with van der Waals surface area (Å²) >= 11 is 7.47. The number of amides is 1. The molecule has 4 heterocycles. The summed E-state index contributed by atoms with van der Waals surface area (Å²) in [5, 5.41) is 1.55. The Morgan fingerprint density at radius 1 is 1.00 bits per heavy atom. The molecule has 176 valence electrons. The van der Waals surface area contributed by atoms with Gasteiger partial charge in [0.1, 0.15) is 9.88 Å². The largest absolute Gasteiger partial charge is 0.329 e. The molecule has 34 heavy (non-hydrogen) atoms. The lowest BCUT2D eigenvalue weighted by atomic mass is 10.1. The number of nitrogens with zero attached hydrogens (tertiary/aromatic N) is 5. The van der Waals surface area contributed by atoms with Gasteiger partial charge in [0, 0.05) is 42.3 Å². The first-order valence-electron chi connectivity index (χ1n) is 11.4. The second kappa shape index (κ2) is 9.66. The molecule has 0 unspecified atom stereocenters. The van der Waals surface area contributed by atoms with E-state index in [9.17, 15) is 4.79 Å². The third-order valence-electron chi connectivity index (χ3n) is 6.57. The van der Waals surface area contributed by atoms with E-state index in [1.165, 1.54) is 37.3 Å². The molecule has 1 fully saturated rings. The number of carbonyl (C=O) groups excluding carboxylic acids is 1. The molecule has 2 aliphatic rings. The molecule has 6 nitrogen and oxygen atoms in total. The Morgan fingerprint density at radius 3 is 2.59 bits per heavy atom. The number of hydrogen-bond donors (Lipinski definition) is 0. The van der Waals surface area contributed by atoms with E-state index in [0.717, 1.165) is 57.4 Å². The van der Waals surface area contributed by atoms with Crippen LogP contribution in [0.3, 0.4) is 0 Å². The van der Waals surface area contributed by atoms with Crippen LogP contribution in [0.4, 0.5) is 5.69 Å². The van der Waals surface area contributed by atoms with Crippen molar-refractivity contribution in [1.82, 2.24) is 19.4 Å². The van der Waals surface area contributed by atoms with E-state index in [4.69, 9.17) is 16.6 Å². The minimum atomic E-state index is 0. The van der Waals surface area contributed by atoms with Crippen molar-refractivity contribution in [2.75, 3.05) is 31.1 Å². The van der Waals surface area contributed by atoms with Crippen LogP contribution in [-0.2, 0) is 13.0 Å². The highest BCUT2D eigenvalue weighted by Crippen LogP contribution is 2.34. The quantitative estimate of drug-likeness (QED) is 0.351. The fraction of sp³-hybridized carbons (Fsp3) is 0.320. The zero-order valence-electron chi connectivity index (χ0n) is 18.6. The lowest BCUT2D eigenvalue weighted by molar-refractivity contribution is 0.0984. The summed E-state index contributed by atoms with van der Waals surface area (Å²) in [6.07, 6.45) is 5.27.